The second kappa shape index (κ2) is 3.42. The summed E-state index contributed by atoms with van der Waals surface area (Å²) >= 11 is 6.66. The molecule has 0 aromatic carbocycles. The summed E-state index contributed by atoms with van der Waals surface area (Å²) in [6.45, 7) is 0. The van der Waals surface area contributed by atoms with E-state index in [4.69, 9.17) is 16.7 Å². The predicted octanol–water partition coefficient (Wildman–Crippen LogP) is 0.652. The maximum atomic E-state index is 10.4. The fraction of sp³-hybridized carbons (Fsp3) is 0.200. The van der Waals surface area contributed by atoms with E-state index in [1.165, 1.54) is 6.08 Å². The lowest BCUT2D eigenvalue weighted by Gasteiger charge is -1.99. The Balaban J connectivity index is 2.92. The minimum atomic E-state index is -1.03. The normalized spacial score (nSPS) is 23.2. The lowest BCUT2D eigenvalue weighted by molar-refractivity contribution is -0.135. The summed E-state index contributed by atoms with van der Waals surface area (Å²) in [5, 5.41) is 7.75. The van der Waals surface area contributed by atoms with Crippen LogP contribution < -0.4 is 0 Å². The van der Waals surface area contributed by atoms with Gasteiger partial charge in [-0.2, -0.15) is 0 Å². The zero-order valence-corrected chi connectivity index (χ0v) is 7.50. The van der Waals surface area contributed by atoms with Crippen LogP contribution in [-0.2, 0) is 16.1 Å². The molecule has 0 radical (unpaired) electrons. The van der Waals surface area contributed by atoms with Crippen LogP contribution >= 0.6 is 23.4 Å². The van der Waals surface area contributed by atoms with Crippen LogP contribution in [0.2, 0.25) is 0 Å². The first-order valence-corrected chi connectivity index (χ1v) is 4.58. The Morgan fingerprint density at radius 1 is 1.82 bits per heavy atom. The highest BCUT2D eigenvalue weighted by molar-refractivity contribution is 8.07. The van der Waals surface area contributed by atoms with Gasteiger partial charge in [0.15, 0.2) is 0 Å². The molecule has 0 aliphatic carbocycles. The van der Waals surface area contributed by atoms with Crippen LogP contribution in [0.15, 0.2) is 10.4 Å². The van der Waals surface area contributed by atoms with Gasteiger partial charge in [-0.15, -0.1) is 0 Å². The van der Waals surface area contributed by atoms with Crippen LogP contribution in [-0.4, -0.2) is 25.4 Å². The Bertz CT molecular complexity index is 279. The standard InChI is InChI=1S/C5H3ClO3S2/c6-3-1-2(11-9)4(10-3)5(7)8/h1,4H,(H,7,8). The van der Waals surface area contributed by atoms with E-state index in [9.17, 15) is 9.00 Å². The maximum absolute atomic E-state index is 10.4. The Labute approximate surface area is 75.5 Å². The molecule has 1 heterocycles. The van der Waals surface area contributed by atoms with Crippen molar-refractivity contribution in [1.82, 2.24) is 0 Å². The smallest absolute Gasteiger partial charge is 0.322 e. The largest absolute Gasteiger partial charge is 0.480 e. The summed E-state index contributed by atoms with van der Waals surface area (Å²) in [6.07, 6.45) is 1.39. The molecule has 0 bridgehead atoms. The fourth-order valence-electron chi connectivity index (χ4n) is 0.632. The van der Waals surface area contributed by atoms with Crippen molar-refractivity contribution in [3.05, 3.63) is 10.4 Å². The average molecular weight is 211 g/mol. The van der Waals surface area contributed by atoms with Crippen molar-refractivity contribution in [2.75, 3.05) is 0 Å². The van der Waals surface area contributed by atoms with Crippen LogP contribution in [0.4, 0.5) is 0 Å². The molecule has 0 saturated heterocycles. The van der Waals surface area contributed by atoms with Gasteiger partial charge >= 0.3 is 5.97 Å². The van der Waals surface area contributed by atoms with Gasteiger partial charge < -0.3 is 5.11 Å². The van der Waals surface area contributed by atoms with Gasteiger partial charge in [0.25, 0.3) is 0 Å². The van der Waals surface area contributed by atoms with Crippen molar-refractivity contribution in [1.29, 1.82) is 0 Å². The van der Waals surface area contributed by atoms with E-state index < -0.39 is 11.2 Å². The van der Waals surface area contributed by atoms with Crippen molar-refractivity contribution >= 4 is 45.5 Å². The number of aliphatic carboxylic acids is 1. The summed E-state index contributed by atoms with van der Waals surface area (Å²) in [6, 6.07) is 0. The van der Waals surface area contributed by atoms with Crippen LogP contribution in [0.5, 0.6) is 0 Å². The third-order valence-electron chi connectivity index (χ3n) is 1.07. The molecule has 6 heteroatoms. The van der Waals surface area contributed by atoms with E-state index in [1.54, 1.807) is 0 Å². The molecule has 1 rings (SSSR count). The van der Waals surface area contributed by atoms with Gasteiger partial charge in [0.2, 0.25) is 0 Å². The summed E-state index contributed by atoms with van der Waals surface area (Å²) in [5.41, 5.74) is 0. The monoisotopic (exact) mass is 210 g/mol. The molecular formula is C5H3ClO3S2. The van der Waals surface area contributed by atoms with Crippen LogP contribution in [0.25, 0.3) is 0 Å². The Kier molecular flexibility index (Phi) is 2.75. The topological polar surface area (TPSA) is 54.4 Å². The second-order valence-corrected chi connectivity index (χ2v) is 4.19. The quantitative estimate of drug-likeness (QED) is 0.646. The molecule has 0 saturated carbocycles. The molecule has 0 spiro atoms. The van der Waals surface area contributed by atoms with Gasteiger partial charge in [0, 0.05) is 0 Å². The summed E-state index contributed by atoms with van der Waals surface area (Å²) in [5.74, 6) is -1.03. The first kappa shape index (κ1) is 8.83. The highest BCUT2D eigenvalue weighted by atomic mass is 35.5. The van der Waals surface area contributed by atoms with Gasteiger partial charge in [0.1, 0.15) is 5.25 Å². The van der Waals surface area contributed by atoms with E-state index in [0.717, 1.165) is 11.8 Å². The molecule has 3 nitrogen and oxygen atoms in total. The van der Waals surface area contributed by atoms with Gasteiger partial charge in [-0.05, 0) is 6.08 Å². The van der Waals surface area contributed by atoms with Gasteiger partial charge in [-0.3, -0.25) is 4.79 Å². The number of allylic oxidation sites excluding steroid dienone is 1. The molecule has 0 aromatic rings. The first-order chi connectivity index (χ1) is 5.15. The molecule has 1 atom stereocenters. The number of thioether (sulfide) groups is 1. The van der Waals surface area contributed by atoms with Crippen LogP contribution in [0.3, 0.4) is 0 Å². The number of hydrogen-bond donors (Lipinski definition) is 1. The van der Waals surface area contributed by atoms with E-state index in [1.807, 2.05) is 0 Å². The Morgan fingerprint density at radius 2 is 2.45 bits per heavy atom. The predicted molar refractivity (Wildman–Crippen MR) is 46.1 cm³/mol. The number of halogens is 1. The second-order valence-electron chi connectivity index (χ2n) is 1.77. The molecule has 1 N–H and O–H groups in total. The first-order valence-electron chi connectivity index (χ1n) is 2.58. The van der Waals surface area contributed by atoms with Crippen molar-refractivity contribution in [3.63, 3.8) is 0 Å². The lowest BCUT2D eigenvalue weighted by Crippen LogP contribution is -2.21. The fourth-order valence-corrected chi connectivity index (χ4v) is 2.48. The number of carbonyl (C=O) groups is 1. The van der Waals surface area contributed by atoms with Crippen molar-refractivity contribution < 1.29 is 14.1 Å². The van der Waals surface area contributed by atoms with E-state index in [2.05, 4.69) is 0 Å². The summed E-state index contributed by atoms with van der Waals surface area (Å²) < 4.78 is 10.6. The van der Waals surface area contributed by atoms with E-state index in [0.29, 0.717) is 4.36 Å². The highest BCUT2D eigenvalue weighted by Crippen LogP contribution is 2.32. The number of carboxylic acids is 1. The highest BCUT2D eigenvalue weighted by Gasteiger charge is 2.29. The van der Waals surface area contributed by atoms with E-state index in [-0.39, 0.29) is 16.1 Å². The third kappa shape index (κ3) is 1.85. The molecule has 1 aliphatic rings. The van der Waals surface area contributed by atoms with Crippen molar-refractivity contribution in [2.24, 2.45) is 0 Å². The minimum Gasteiger partial charge on any atom is -0.480 e. The average Bonchev–Trinajstić information content (AvgIpc) is 2.30. The third-order valence-corrected chi connectivity index (χ3v) is 3.17. The molecule has 60 valence electrons. The Hall–Kier alpha value is -0.260. The number of rotatable bonds is 1. The molecular weight excluding hydrogens is 208 g/mol. The van der Waals surface area contributed by atoms with Crippen LogP contribution in [0, 0.1) is 0 Å². The zero-order valence-electron chi connectivity index (χ0n) is 5.11. The van der Waals surface area contributed by atoms with Gasteiger partial charge in [0.05, 0.1) is 20.5 Å². The number of carboxylic acid groups (broad SMARTS) is 1. The molecule has 11 heavy (non-hydrogen) atoms. The molecule has 0 aromatic heterocycles. The van der Waals surface area contributed by atoms with Gasteiger partial charge in [-0.1, -0.05) is 23.4 Å². The molecule has 1 aliphatic heterocycles. The lowest BCUT2D eigenvalue weighted by atomic mass is 10.3. The van der Waals surface area contributed by atoms with E-state index >= 15 is 0 Å². The van der Waals surface area contributed by atoms with Crippen LogP contribution in [0.1, 0.15) is 0 Å². The summed E-state index contributed by atoms with van der Waals surface area (Å²) in [7, 11) is 0. The van der Waals surface area contributed by atoms with Crippen molar-refractivity contribution in [2.45, 2.75) is 5.25 Å². The molecule has 1 unspecified atom stereocenters. The zero-order chi connectivity index (χ0) is 8.43. The summed E-state index contributed by atoms with van der Waals surface area (Å²) in [4.78, 5) is 10.7. The molecule has 0 amide bonds. The molecule has 0 fully saturated rings. The maximum Gasteiger partial charge on any atom is 0.322 e. The Morgan fingerprint density at radius 3 is 2.82 bits per heavy atom. The number of hydrogen-bond acceptors (Lipinski definition) is 3. The van der Waals surface area contributed by atoms with Crippen molar-refractivity contribution in [3.8, 4) is 0 Å². The van der Waals surface area contributed by atoms with Gasteiger partial charge in [-0.25, -0.2) is 4.21 Å². The SMILES string of the molecule is O=S=C1C=C(Cl)SC1C(=O)O. The minimum absolute atomic E-state index is 0.177.